The van der Waals surface area contributed by atoms with Gasteiger partial charge in [0.05, 0.1) is 12.0 Å². The molecule has 0 saturated carbocycles. The number of nitrogens with zero attached hydrogens (tertiary/aromatic N) is 2. The van der Waals surface area contributed by atoms with Crippen molar-refractivity contribution >= 4 is 16.6 Å². The number of fused-ring (bicyclic) bond motifs is 4. The van der Waals surface area contributed by atoms with E-state index in [1.807, 2.05) is 12.1 Å². The van der Waals surface area contributed by atoms with Gasteiger partial charge in [-0.05, 0) is 60.5 Å². The van der Waals surface area contributed by atoms with E-state index in [1.54, 1.807) is 19.2 Å². The highest BCUT2D eigenvalue weighted by Crippen LogP contribution is 2.50. The van der Waals surface area contributed by atoms with E-state index in [0.717, 1.165) is 55.7 Å². The molecule has 6 heteroatoms. The number of hydrogen-bond donors (Lipinski definition) is 1. The molecule has 4 aromatic rings. The number of para-hydroxylation sites is 1. The Hall–Kier alpha value is -3.64. The largest absolute Gasteiger partial charge is 0.497 e. The van der Waals surface area contributed by atoms with Crippen LogP contribution in [0.15, 0.2) is 72.8 Å². The summed E-state index contributed by atoms with van der Waals surface area (Å²) in [6, 6.07) is 24.6. The Labute approximate surface area is 204 Å². The zero-order valence-electron chi connectivity index (χ0n) is 19.9. The van der Waals surface area contributed by atoms with Crippen LogP contribution in [0.3, 0.4) is 0 Å². The standard InChI is InChI=1S/C29H29N3O3/c1-35-23-10-5-9-21(15-23)29-13-14-31(18-20-7-3-2-4-8-20)19-22(29)16-25-24-11-6-12-27(32(33)34)28(24)30-26(25)17-29/h2-12,15,22,30H,13-14,16-19H2,1H3/t22?,29-/m0/s1. The summed E-state index contributed by atoms with van der Waals surface area (Å²) in [7, 11) is 1.71. The number of H-pyrrole nitrogens is 1. The number of rotatable bonds is 5. The van der Waals surface area contributed by atoms with Crippen molar-refractivity contribution < 1.29 is 9.66 Å². The van der Waals surface area contributed by atoms with Gasteiger partial charge in [0.15, 0.2) is 0 Å². The third-order valence-electron chi connectivity index (χ3n) is 8.18. The molecule has 1 aromatic heterocycles. The van der Waals surface area contributed by atoms with E-state index in [1.165, 1.54) is 16.7 Å². The predicted molar refractivity (Wildman–Crippen MR) is 137 cm³/mol. The van der Waals surface area contributed by atoms with Gasteiger partial charge in [0.1, 0.15) is 11.3 Å². The molecule has 1 unspecified atom stereocenters. The molecule has 1 aliphatic heterocycles. The van der Waals surface area contributed by atoms with Crippen molar-refractivity contribution in [2.24, 2.45) is 5.92 Å². The molecule has 2 atom stereocenters. The third kappa shape index (κ3) is 3.69. The van der Waals surface area contributed by atoms with Crippen LogP contribution in [-0.4, -0.2) is 35.0 Å². The number of nitro benzene ring substituents is 1. The van der Waals surface area contributed by atoms with Gasteiger partial charge in [0, 0.05) is 35.7 Å². The average molecular weight is 468 g/mol. The molecule has 35 heavy (non-hydrogen) atoms. The number of aromatic nitrogens is 1. The Kier molecular flexibility index (Phi) is 5.33. The topological polar surface area (TPSA) is 71.4 Å². The number of likely N-dealkylation sites (tertiary alicyclic amines) is 1. The van der Waals surface area contributed by atoms with Crippen LogP contribution in [0.1, 0.15) is 28.8 Å². The van der Waals surface area contributed by atoms with Crippen LogP contribution < -0.4 is 4.74 Å². The molecule has 1 saturated heterocycles. The van der Waals surface area contributed by atoms with E-state index < -0.39 is 0 Å². The number of hydrogen-bond acceptors (Lipinski definition) is 4. The molecule has 6 nitrogen and oxygen atoms in total. The van der Waals surface area contributed by atoms with Crippen LogP contribution in [0, 0.1) is 16.0 Å². The molecule has 0 amide bonds. The van der Waals surface area contributed by atoms with E-state index >= 15 is 0 Å². The molecule has 6 rings (SSSR count). The van der Waals surface area contributed by atoms with Crippen LogP contribution in [0.5, 0.6) is 5.75 Å². The van der Waals surface area contributed by atoms with Gasteiger partial charge in [-0.25, -0.2) is 0 Å². The number of nitrogens with one attached hydrogen (secondary N) is 1. The van der Waals surface area contributed by atoms with Crippen molar-refractivity contribution in [1.82, 2.24) is 9.88 Å². The molecular formula is C29H29N3O3. The Bertz CT molecular complexity index is 1400. The minimum absolute atomic E-state index is 0.0373. The minimum Gasteiger partial charge on any atom is -0.497 e. The first-order valence-electron chi connectivity index (χ1n) is 12.2. The SMILES string of the molecule is COc1cccc([C@@]23CCN(Cc4ccccc4)CC2Cc2c([nH]c4c([N+](=O)[O-])cccc24)C3)c1. The first-order chi connectivity index (χ1) is 17.1. The van der Waals surface area contributed by atoms with Crippen LogP contribution >= 0.6 is 0 Å². The Balaban J connectivity index is 1.43. The van der Waals surface area contributed by atoms with Crippen molar-refractivity contribution in [2.75, 3.05) is 20.2 Å². The molecule has 2 heterocycles. The summed E-state index contributed by atoms with van der Waals surface area (Å²) in [5, 5.41) is 12.7. The third-order valence-corrected chi connectivity index (χ3v) is 8.18. The number of ether oxygens (including phenoxy) is 1. The van der Waals surface area contributed by atoms with Crippen LogP contribution in [0.25, 0.3) is 10.9 Å². The fraction of sp³-hybridized carbons (Fsp3) is 0.310. The van der Waals surface area contributed by atoms with E-state index in [4.69, 9.17) is 4.74 Å². The zero-order valence-corrected chi connectivity index (χ0v) is 19.9. The summed E-state index contributed by atoms with van der Waals surface area (Å²) in [5.41, 5.74) is 5.80. The van der Waals surface area contributed by atoms with Gasteiger partial charge >= 0.3 is 0 Å². The van der Waals surface area contributed by atoms with Crippen LogP contribution in [-0.2, 0) is 24.8 Å². The normalized spacial score (nSPS) is 21.9. The smallest absolute Gasteiger partial charge is 0.293 e. The molecule has 3 aromatic carbocycles. The molecule has 1 N–H and O–H groups in total. The second-order valence-electron chi connectivity index (χ2n) is 9.98. The minimum atomic E-state index is -0.281. The second-order valence-corrected chi connectivity index (χ2v) is 9.98. The first-order valence-corrected chi connectivity index (χ1v) is 12.2. The predicted octanol–water partition coefficient (Wildman–Crippen LogP) is 5.64. The number of aromatic amines is 1. The molecule has 0 bridgehead atoms. The summed E-state index contributed by atoms with van der Waals surface area (Å²) in [5.74, 6) is 1.28. The van der Waals surface area contributed by atoms with E-state index in [9.17, 15) is 10.1 Å². The maximum atomic E-state index is 11.7. The highest BCUT2D eigenvalue weighted by atomic mass is 16.6. The van der Waals surface area contributed by atoms with Crippen molar-refractivity contribution in [3.05, 3.63) is 105 Å². The number of piperidine rings is 1. The van der Waals surface area contributed by atoms with Gasteiger partial charge in [0.25, 0.3) is 5.69 Å². The fourth-order valence-corrected chi connectivity index (χ4v) is 6.44. The fourth-order valence-electron chi connectivity index (χ4n) is 6.44. The maximum Gasteiger partial charge on any atom is 0.293 e. The molecule has 178 valence electrons. The van der Waals surface area contributed by atoms with Gasteiger partial charge < -0.3 is 9.72 Å². The number of nitro groups is 1. The molecule has 0 radical (unpaired) electrons. The number of methoxy groups -OCH3 is 1. The lowest BCUT2D eigenvalue weighted by Gasteiger charge is -2.51. The molecule has 2 aliphatic rings. The van der Waals surface area contributed by atoms with Gasteiger partial charge in [0.2, 0.25) is 0 Å². The van der Waals surface area contributed by atoms with Gasteiger partial charge in [-0.1, -0.05) is 54.6 Å². The van der Waals surface area contributed by atoms with E-state index in [2.05, 4.69) is 58.4 Å². The van der Waals surface area contributed by atoms with Crippen molar-refractivity contribution in [1.29, 1.82) is 0 Å². The summed E-state index contributed by atoms with van der Waals surface area (Å²) in [6.07, 6.45) is 2.79. The van der Waals surface area contributed by atoms with Crippen molar-refractivity contribution in [3.63, 3.8) is 0 Å². The van der Waals surface area contributed by atoms with Crippen LogP contribution in [0.4, 0.5) is 5.69 Å². The lowest BCUT2D eigenvalue weighted by Crippen LogP contribution is -2.53. The Morgan fingerprint density at radius 3 is 2.74 bits per heavy atom. The van der Waals surface area contributed by atoms with Crippen LogP contribution in [0.2, 0.25) is 0 Å². The van der Waals surface area contributed by atoms with Gasteiger partial charge in [-0.3, -0.25) is 15.0 Å². The summed E-state index contributed by atoms with van der Waals surface area (Å²) < 4.78 is 5.59. The highest BCUT2D eigenvalue weighted by Gasteiger charge is 2.48. The first kappa shape index (κ1) is 21.9. The average Bonchev–Trinajstić information content (AvgIpc) is 3.25. The van der Waals surface area contributed by atoms with E-state index in [-0.39, 0.29) is 16.0 Å². The Morgan fingerprint density at radius 1 is 1.11 bits per heavy atom. The van der Waals surface area contributed by atoms with Gasteiger partial charge in [-0.2, -0.15) is 0 Å². The lowest BCUT2D eigenvalue weighted by molar-refractivity contribution is -0.383. The molecule has 1 aliphatic carbocycles. The van der Waals surface area contributed by atoms with E-state index in [0.29, 0.717) is 11.4 Å². The van der Waals surface area contributed by atoms with Crippen molar-refractivity contribution in [3.8, 4) is 5.75 Å². The summed E-state index contributed by atoms with van der Waals surface area (Å²) in [6.45, 7) is 2.95. The summed E-state index contributed by atoms with van der Waals surface area (Å²) in [4.78, 5) is 17.5. The highest BCUT2D eigenvalue weighted by molar-refractivity contribution is 5.92. The zero-order chi connectivity index (χ0) is 24.0. The number of non-ortho nitro benzene ring substituents is 1. The quantitative estimate of drug-likeness (QED) is 0.304. The molecule has 0 spiro atoms. The molecule has 1 fully saturated rings. The lowest BCUT2D eigenvalue weighted by atomic mass is 9.58. The molecular weight excluding hydrogens is 438 g/mol. The van der Waals surface area contributed by atoms with Crippen molar-refractivity contribution in [2.45, 2.75) is 31.2 Å². The second kappa shape index (κ2) is 8.54. The Morgan fingerprint density at radius 2 is 1.94 bits per heavy atom. The maximum absolute atomic E-state index is 11.7. The summed E-state index contributed by atoms with van der Waals surface area (Å²) >= 11 is 0. The van der Waals surface area contributed by atoms with Gasteiger partial charge in [-0.15, -0.1) is 0 Å². The number of benzene rings is 3. The monoisotopic (exact) mass is 467 g/mol.